The summed E-state index contributed by atoms with van der Waals surface area (Å²) in [6.45, 7) is 4.17. The Kier molecular flexibility index (Phi) is 5.37. The van der Waals surface area contributed by atoms with Crippen molar-refractivity contribution in [3.8, 4) is 0 Å². The molecular formula is C14H20BrN3O2. The highest BCUT2D eigenvalue weighted by molar-refractivity contribution is 9.10. The van der Waals surface area contributed by atoms with Crippen molar-refractivity contribution < 1.29 is 5.11 Å². The van der Waals surface area contributed by atoms with Crippen LogP contribution in [-0.2, 0) is 6.54 Å². The third kappa shape index (κ3) is 3.30. The van der Waals surface area contributed by atoms with E-state index in [4.69, 9.17) is 0 Å². The number of halogens is 1. The maximum atomic E-state index is 12.1. The van der Waals surface area contributed by atoms with Gasteiger partial charge in [-0.1, -0.05) is 18.9 Å². The number of aromatic nitrogens is 2. The molecule has 1 aliphatic carbocycles. The Morgan fingerprint density at radius 2 is 2.30 bits per heavy atom. The number of hydrogen-bond donors (Lipinski definition) is 2. The van der Waals surface area contributed by atoms with Gasteiger partial charge in [0.2, 0.25) is 0 Å². The lowest BCUT2D eigenvalue weighted by Crippen LogP contribution is -2.35. The molecule has 0 saturated heterocycles. The summed E-state index contributed by atoms with van der Waals surface area (Å²) in [7, 11) is 0. The van der Waals surface area contributed by atoms with Gasteiger partial charge in [0.15, 0.2) is 0 Å². The van der Waals surface area contributed by atoms with Crippen LogP contribution >= 0.6 is 15.9 Å². The van der Waals surface area contributed by atoms with Crippen LogP contribution < -0.4 is 10.9 Å². The maximum absolute atomic E-state index is 12.1. The fourth-order valence-corrected chi connectivity index (χ4v) is 3.06. The Hall–Kier alpha value is -1.14. The van der Waals surface area contributed by atoms with E-state index in [2.05, 4.69) is 32.9 Å². The van der Waals surface area contributed by atoms with Gasteiger partial charge in [0.25, 0.3) is 5.56 Å². The van der Waals surface area contributed by atoms with Gasteiger partial charge in [-0.2, -0.15) is 5.10 Å². The van der Waals surface area contributed by atoms with Gasteiger partial charge in [-0.25, -0.2) is 4.68 Å². The van der Waals surface area contributed by atoms with E-state index in [0.29, 0.717) is 16.7 Å². The van der Waals surface area contributed by atoms with E-state index in [1.54, 1.807) is 12.3 Å². The normalized spacial score (nSPS) is 22.5. The van der Waals surface area contributed by atoms with E-state index in [1.165, 1.54) is 4.68 Å². The molecule has 2 N–H and O–H groups in total. The zero-order valence-corrected chi connectivity index (χ0v) is 13.0. The monoisotopic (exact) mass is 341 g/mol. The van der Waals surface area contributed by atoms with E-state index < -0.39 is 0 Å². The van der Waals surface area contributed by atoms with Crippen LogP contribution in [-0.4, -0.2) is 27.5 Å². The Morgan fingerprint density at radius 1 is 1.55 bits per heavy atom. The molecule has 5 nitrogen and oxygen atoms in total. The zero-order valence-electron chi connectivity index (χ0n) is 11.4. The van der Waals surface area contributed by atoms with Crippen LogP contribution in [0.1, 0.15) is 25.7 Å². The lowest BCUT2D eigenvalue weighted by atomic mass is 9.85. The van der Waals surface area contributed by atoms with Crippen molar-refractivity contribution in [3.05, 3.63) is 33.7 Å². The first-order valence-corrected chi connectivity index (χ1v) is 7.70. The van der Waals surface area contributed by atoms with E-state index in [-0.39, 0.29) is 24.1 Å². The second kappa shape index (κ2) is 7.04. The standard InChI is InChI=1S/C14H20BrN3O2/c1-2-7-18-14(20)13(15)12(8-16-18)17-11-6-4-3-5-10(11)9-19/h2,8,10-11,17,19H,1,3-7,9H2. The summed E-state index contributed by atoms with van der Waals surface area (Å²) in [6.07, 6.45) is 7.62. The number of nitrogens with one attached hydrogen (secondary N) is 1. The van der Waals surface area contributed by atoms with Crippen molar-refractivity contribution in [2.45, 2.75) is 38.3 Å². The molecule has 0 spiro atoms. The van der Waals surface area contributed by atoms with Gasteiger partial charge in [0, 0.05) is 18.6 Å². The fourth-order valence-electron chi connectivity index (χ4n) is 2.63. The predicted octanol–water partition coefficient (Wildman–Crippen LogP) is 2.15. The van der Waals surface area contributed by atoms with Gasteiger partial charge in [-0.05, 0) is 28.8 Å². The lowest BCUT2D eigenvalue weighted by molar-refractivity contribution is 0.178. The fraction of sp³-hybridized carbons (Fsp3) is 0.571. The molecule has 0 aliphatic heterocycles. The first-order chi connectivity index (χ1) is 9.67. The van der Waals surface area contributed by atoms with Crippen LogP contribution in [0.3, 0.4) is 0 Å². The highest BCUT2D eigenvalue weighted by Crippen LogP contribution is 2.28. The predicted molar refractivity (Wildman–Crippen MR) is 82.8 cm³/mol. The van der Waals surface area contributed by atoms with Crippen molar-refractivity contribution in [1.29, 1.82) is 0 Å². The van der Waals surface area contributed by atoms with Crippen LogP contribution in [0.2, 0.25) is 0 Å². The minimum Gasteiger partial charge on any atom is -0.396 e. The topological polar surface area (TPSA) is 67.2 Å². The lowest BCUT2D eigenvalue weighted by Gasteiger charge is -2.31. The van der Waals surface area contributed by atoms with Gasteiger partial charge < -0.3 is 10.4 Å². The second-order valence-electron chi connectivity index (χ2n) is 5.13. The van der Waals surface area contributed by atoms with Crippen LogP contribution in [0, 0.1) is 5.92 Å². The van der Waals surface area contributed by atoms with Crippen molar-refractivity contribution in [2.75, 3.05) is 11.9 Å². The SMILES string of the molecule is C=CCn1ncc(NC2CCCCC2CO)c(Br)c1=O. The molecule has 1 fully saturated rings. The number of hydrogen-bond acceptors (Lipinski definition) is 4. The van der Waals surface area contributed by atoms with Crippen LogP contribution in [0.15, 0.2) is 28.1 Å². The van der Waals surface area contributed by atoms with Gasteiger partial charge in [-0.15, -0.1) is 6.58 Å². The molecule has 2 atom stereocenters. The summed E-state index contributed by atoms with van der Waals surface area (Å²) in [4.78, 5) is 12.1. The molecule has 20 heavy (non-hydrogen) atoms. The number of anilines is 1. The molecule has 1 heterocycles. The molecular weight excluding hydrogens is 322 g/mol. The van der Waals surface area contributed by atoms with Gasteiger partial charge in [0.05, 0.1) is 18.4 Å². The first-order valence-electron chi connectivity index (χ1n) is 6.91. The molecule has 1 aromatic heterocycles. The molecule has 1 aromatic rings. The van der Waals surface area contributed by atoms with Crippen LogP contribution in [0.25, 0.3) is 0 Å². The maximum Gasteiger partial charge on any atom is 0.283 e. The Bertz CT molecular complexity index is 530. The average Bonchev–Trinajstić information content (AvgIpc) is 2.47. The molecule has 0 amide bonds. The van der Waals surface area contributed by atoms with E-state index in [0.717, 1.165) is 25.7 Å². The van der Waals surface area contributed by atoms with E-state index in [9.17, 15) is 9.90 Å². The van der Waals surface area contributed by atoms with E-state index in [1.807, 2.05) is 0 Å². The molecule has 6 heteroatoms. The molecule has 2 rings (SSSR count). The third-order valence-electron chi connectivity index (χ3n) is 3.77. The largest absolute Gasteiger partial charge is 0.396 e. The highest BCUT2D eigenvalue weighted by atomic mass is 79.9. The van der Waals surface area contributed by atoms with Crippen LogP contribution in [0.5, 0.6) is 0 Å². The summed E-state index contributed by atoms with van der Waals surface area (Å²) in [6, 6.07) is 0.196. The molecule has 2 unspecified atom stereocenters. The Labute approximate surface area is 126 Å². The quantitative estimate of drug-likeness (QED) is 0.805. The minimum atomic E-state index is -0.175. The molecule has 1 saturated carbocycles. The van der Waals surface area contributed by atoms with E-state index >= 15 is 0 Å². The summed E-state index contributed by atoms with van der Waals surface area (Å²) in [5, 5.41) is 16.9. The average molecular weight is 342 g/mol. The number of allylic oxidation sites excluding steroid dienone is 1. The molecule has 0 bridgehead atoms. The third-order valence-corrected chi connectivity index (χ3v) is 4.54. The van der Waals surface area contributed by atoms with Gasteiger partial charge >= 0.3 is 0 Å². The van der Waals surface area contributed by atoms with Crippen molar-refractivity contribution in [2.24, 2.45) is 5.92 Å². The summed E-state index contributed by atoms with van der Waals surface area (Å²) < 4.78 is 1.84. The molecule has 110 valence electrons. The minimum absolute atomic E-state index is 0.175. The Balaban J connectivity index is 2.19. The smallest absolute Gasteiger partial charge is 0.283 e. The Morgan fingerprint density at radius 3 is 3.00 bits per heavy atom. The summed E-state index contributed by atoms with van der Waals surface area (Å²) in [5.74, 6) is 0.242. The number of aliphatic hydroxyl groups excluding tert-OH is 1. The van der Waals surface area contributed by atoms with Gasteiger partial charge in [0.1, 0.15) is 4.47 Å². The molecule has 1 aliphatic rings. The summed E-state index contributed by atoms with van der Waals surface area (Å²) >= 11 is 3.34. The van der Waals surface area contributed by atoms with Crippen molar-refractivity contribution in [3.63, 3.8) is 0 Å². The molecule has 0 radical (unpaired) electrons. The second-order valence-corrected chi connectivity index (χ2v) is 5.92. The van der Waals surface area contributed by atoms with Crippen molar-refractivity contribution in [1.82, 2.24) is 9.78 Å². The van der Waals surface area contributed by atoms with Crippen LogP contribution in [0.4, 0.5) is 5.69 Å². The highest BCUT2D eigenvalue weighted by Gasteiger charge is 2.25. The number of rotatable bonds is 5. The molecule has 0 aromatic carbocycles. The van der Waals surface area contributed by atoms with Crippen molar-refractivity contribution >= 4 is 21.6 Å². The van der Waals surface area contributed by atoms with Gasteiger partial charge in [-0.3, -0.25) is 4.79 Å². The number of nitrogens with zero attached hydrogens (tertiary/aromatic N) is 2. The zero-order chi connectivity index (χ0) is 14.5. The summed E-state index contributed by atoms with van der Waals surface area (Å²) in [5.41, 5.74) is 0.520. The number of aliphatic hydroxyl groups is 1. The first kappa shape index (κ1) is 15.3.